The molecular weight excluding hydrogens is 294 g/mol. The number of hydrogen-bond donors (Lipinski definition) is 1. The molecule has 1 atom stereocenters. The number of benzene rings is 1. The third-order valence-corrected chi connectivity index (χ3v) is 5.88. The number of thiazole rings is 1. The second-order valence-electron chi connectivity index (χ2n) is 6.52. The van der Waals surface area contributed by atoms with E-state index in [4.69, 9.17) is 0 Å². The van der Waals surface area contributed by atoms with Gasteiger partial charge in [-0.3, -0.25) is 4.79 Å². The Morgan fingerprint density at radius 2 is 2.23 bits per heavy atom. The summed E-state index contributed by atoms with van der Waals surface area (Å²) < 4.78 is 1.19. The van der Waals surface area contributed by atoms with Gasteiger partial charge in [-0.15, -0.1) is 11.3 Å². The van der Waals surface area contributed by atoms with Crippen molar-refractivity contribution < 1.29 is 4.79 Å². The summed E-state index contributed by atoms with van der Waals surface area (Å²) in [5, 5.41) is 4.33. The minimum Gasteiger partial charge on any atom is -0.352 e. The fourth-order valence-electron chi connectivity index (χ4n) is 3.77. The zero-order valence-electron chi connectivity index (χ0n) is 12.8. The second-order valence-corrected chi connectivity index (χ2v) is 7.76. The van der Waals surface area contributed by atoms with Gasteiger partial charge in [0, 0.05) is 12.6 Å². The van der Waals surface area contributed by atoms with Gasteiger partial charge in [-0.05, 0) is 56.5 Å². The minimum atomic E-state index is 0.144. The van der Waals surface area contributed by atoms with Crippen molar-refractivity contribution in [1.82, 2.24) is 15.2 Å². The van der Waals surface area contributed by atoms with Crippen LogP contribution in [0, 0.1) is 12.8 Å². The first-order valence-corrected chi connectivity index (χ1v) is 8.87. The maximum absolute atomic E-state index is 12.4. The van der Waals surface area contributed by atoms with Crippen molar-refractivity contribution in [1.29, 1.82) is 0 Å². The van der Waals surface area contributed by atoms with Gasteiger partial charge in [0.15, 0.2) is 0 Å². The predicted molar refractivity (Wildman–Crippen MR) is 89.2 cm³/mol. The molecule has 3 aliphatic rings. The van der Waals surface area contributed by atoms with Gasteiger partial charge in [0.05, 0.1) is 21.6 Å². The molecule has 0 unspecified atom stereocenters. The molecule has 0 spiro atoms. The average molecular weight is 315 g/mol. The minimum absolute atomic E-state index is 0.144. The largest absolute Gasteiger partial charge is 0.352 e. The average Bonchev–Trinajstić information content (AvgIpc) is 2.87. The van der Waals surface area contributed by atoms with Crippen molar-refractivity contribution >= 4 is 27.5 Å². The summed E-state index contributed by atoms with van der Waals surface area (Å²) in [5.74, 6) is 0.822. The summed E-state index contributed by atoms with van der Waals surface area (Å²) in [4.78, 5) is 19.3. The van der Waals surface area contributed by atoms with Crippen molar-refractivity contribution in [3.8, 4) is 0 Å². The maximum Gasteiger partial charge on any atom is 0.224 e. The summed E-state index contributed by atoms with van der Waals surface area (Å²) in [7, 11) is 0. The molecule has 4 heterocycles. The summed E-state index contributed by atoms with van der Waals surface area (Å²) in [6, 6.07) is 6.53. The van der Waals surface area contributed by atoms with Crippen LogP contribution in [-0.2, 0) is 11.2 Å². The molecule has 0 saturated carbocycles. The van der Waals surface area contributed by atoms with Crippen LogP contribution in [0.2, 0.25) is 0 Å². The fraction of sp³-hybridized carbons (Fsp3) is 0.529. The third kappa shape index (κ3) is 2.75. The number of aromatic nitrogens is 1. The molecule has 2 aromatic rings. The topological polar surface area (TPSA) is 45.2 Å². The second kappa shape index (κ2) is 5.63. The van der Waals surface area contributed by atoms with Gasteiger partial charge in [-0.1, -0.05) is 6.07 Å². The Morgan fingerprint density at radius 1 is 1.41 bits per heavy atom. The number of carbonyl (C=O) groups is 1. The van der Waals surface area contributed by atoms with Crippen LogP contribution < -0.4 is 5.32 Å². The highest BCUT2D eigenvalue weighted by atomic mass is 32.1. The van der Waals surface area contributed by atoms with E-state index in [9.17, 15) is 4.79 Å². The Kier molecular flexibility index (Phi) is 3.62. The van der Waals surface area contributed by atoms with Crippen molar-refractivity contribution in [2.75, 3.05) is 19.6 Å². The molecule has 1 amide bonds. The highest BCUT2D eigenvalue weighted by Gasteiger charge is 2.34. The summed E-state index contributed by atoms with van der Waals surface area (Å²) in [6.07, 6.45) is 2.92. The molecule has 1 aromatic carbocycles. The monoisotopic (exact) mass is 315 g/mol. The Morgan fingerprint density at radius 3 is 2.95 bits per heavy atom. The van der Waals surface area contributed by atoms with Crippen molar-refractivity contribution in [2.45, 2.75) is 32.2 Å². The van der Waals surface area contributed by atoms with E-state index in [2.05, 4.69) is 33.4 Å². The number of nitrogens with one attached hydrogen (secondary N) is 1. The number of rotatable bonds is 3. The SMILES string of the molecule is Cc1nc2cc(CC(=O)N[C@H]3CN4CCC3CC4)ccc2s1. The molecule has 1 N–H and O–H groups in total. The Hall–Kier alpha value is -1.46. The normalized spacial score (nSPS) is 27.2. The van der Waals surface area contributed by atoms with E-state index in [1.807, 2.05) is 6.92 Å². The van der Waals surface area contributed by atoms with E-state index in [-0.39, 0.29) is 5.91 Å². The Balaban J connectivity index is 1.42. The van der Waals surface area contributed by atoms with E-state index < -0.39 is 0 Å². The zero-order chi connectivity index (χ0) is 15.1. The molecule has 4 nitrogen and oxygen atoms in total. The Labute approximate surface area is 134 Å². The van der Waals surface area contributed by atoms with Crippen LogP contribution in [0.15, 0.2) is 18.2 Å². The van der Waals surface area contributed by atoms with Gasteiger partial charge < -0.3 is 10.2 Å². The van der Waals surface area contributed by atoms with Gasteiger partial charge in [-0.25, -0.2) is 4.98 Å². The summed E-state index contributed by atoms with van der Waals surface area (Å²) >= 11 is 1.70. The molecule has 3 fully saturated rings. The van der Waals surface area contributed by atoms with E-state index >= 15 is 0 Å². The first kappa shape index (κ1) is 14.2. The van der Waals surface area contributed by atoms with E-state index in [1.165, 1.54) is 30.6 Å². The van der Waals surface area contributed by atoms with Crippen molar-refractivity contribution in [2.24, 2.45) is 5.92 Å². The Bertz CT molecular complexity index is 703. The number of carbonyl (C=O) groups excluding carboxylic acids is 1. The number of piperidine rings is 3. The standard InChI is InChI=1S/C17H21N3OS/c1-11-18-14-8-12(2-3-16(14)22-11)9-17(21)19-15-10-20-6-4-13(15)5-7-20/h2-3,8,13,15H,4-7,9-10H2,1H3,(H,19,21)/t15-/m0/s1. The molecule has 5 heteroatoms. The van der Waals surface area contributed by atoms with E-state index in [0.717, 1.165) is 22.6 Å². The van der Waals surface area contributed by atoms with Crippen LogP contribution in [0.4, 0.5) is 0 Å². The number of nitrogens with zero attached hydrogens (tertiary/aromatic N) is 2. The molecule has 3 aliphatic heterocycles. The molecule has 22 heavy (non-hydrogen) atoms. The molecule has 5 rings (SSSR count). The molecule has 1 aromatic heterocycles. The predicted octanol–water partition coefficient (Wildman–Crippen LogP) is 2.36. The highest BCUT2D eigenvalue weighted by Crippen LogP contribution is 2.27. The number of hydrogen-bond acceptors (Lipinski definition) is 4. The summed E-state index contributed by atoms with van der Waals surface area (Å²) in [6.45, 7) is 5.46. The highest BCUT2D eigenvalue weighted by molar-refractivity contribution is 7.18. The smallest absolute Gasteiger partial charge is 0.224 e. The van der Waals surface area contributed by atoms with Gasteiger partial charge in [0.2, 0.25) is 5.91 Å². The van der Waals surface area contributed by atoms with Crippen LogP contribution >= 0.6 is 11.3 Å². The molecule has 3 saturated heterocycles. The molecule has 0 aliphatic carbocycles. The third-order valence-electron chi connectivity index (χ3n) is 4.93. The van der Waals surface area contributed by atoms with Gasteiger partial charge in [-0.2, -0.15) is 0 Å². The lowest BCUT2D eigenvalue weighted by Crippen LogP contribution is -2.57. The van der Waals surface area contributed by atoms with Gasteiger partial charge >= 0.3 is 0 Å². The van der Waals surface area contributed by atoms with Crippen LogP contribution in [-0.4, -0.2) is 41.5 Å². The molecular formula is C17H21N3OS. The van der Waals surface area contributed by atoms with Gasteiger partial charge in [0.25, 0.3) is 0 Å². The van der Waals surface area contributed by atoms with Crippen LogP contribution in [0.25, 0.3) is 10.2 Å². The first-order chi connectivity index (χ1) is 10.7. The van der Waals surface area contributed by atoms with Crippen molar-refractivity contribution in [3.63, 3.8) is 0 Å². The maximum atomic E-state index is 12.4. The van der Waals surface area contributed by atoms with Crippen LogP contribution in [0.1, 0.15) is 23.4 Å². The number of amides is 1. The van der Waals surface area contributed by atoms with E-state index in [1.54, 1.807) is 11.3 Å². The van der Waals surface area contributed by atoms with E-state index in [0.29, 0.717) is 18.4 Å². The zero-order valence-corrected chi connectivity index (χ0v) is 13.7. The molecule has 2 bridgehead atoms. The van der Waals surface area contributed by atoms with Crippen molar-refractivity contribution in [3.05, 3.63) is 28.8 Å². The quantitative estimate of drug-likeness (QED) is 0.946. The number of fused-ring (bicyclic) bond motifs is 4. The number of aryl methyl sites for hydroxylation is 1. The first-order valence-electron chi connectivity index (χ1n) is 8.05. The lowest BCUT2D eigenvalue weighted by Gasteiger charge is -2.44. The summed E-state index contributed by atoms with van der Waals surface area (Å²) in [5.41, 5.74) is 2.06. The lowest BCUT2D eigenvalue weighted by molar-refractivity contribution is -0.122. The molecule has 0 radical (unpaired) electrons. The fourth-order valence-corrected chi connectivity index (χ4v) is 4.58. The lowest BCUT2D eigenvalue weighted by atomic mass is 9.84. The van der Waals surface area contributed by atoms with Crippen LogP contribution in [0.3, 0.4) is 0 Å². The van der Waals surface area contributed by atoms with Gasteiger partial charge in [0.1, 0.15) is 0 Å². The molecule has 116 valence electrons. The van der Waals surface area contributed by atoms with Crippen LogP contribution in [0.5, 0.6) is 0 Å².